The number of halogens is 2. The van der Waals surface area contributed by atoms with Crippen molar-refractivity contribution in [3.63, 3.8) is 0 Å². The summed E-state index contributed by atoms with van der Waals surface area (Å²) in [6.07, 6.45) is 2.10. The fourth-order valence-corrected chi connectivity index (χ4v) is 1.25. The molecular formula is C11H19Cl2N3O. The van der Waals surface area contributed by atoms with Crippen LogP contribution in [0.5, 0.6) is 0 Å². The Morgan fingerprint density at radius 3 is 2.59 bits per heavy atom. The molecule has 0 saturated heterocycles. The van der Waals surface area contributed by atoms with Crippen molar-refractivity contribution < 1.29 is 4.79 Å². The van der Waals surface area contributed by atoms with Crippen molar-refractivity contribution in [2.45, 2.75) is 25.9 Å². The molecule has 0 spiro atoms. The summed E-state index contributed by atoms with van der Waals surface area (Å²) in [5.41, 5.74) is 6.45. The molecule has 0 radical (unpaired) electrons. The first kappa shape index (κ1) is 18.5. The summed E-state index contributed by atoms with van der Waals surface area (Å²) in [4.78, 5) is 17.4. The maximum atomic E-state index is 11.6. The van der Waals surface area contributed by atoms with E-state index in [0.717, 1.165) is 5.69 Å². The molecule has 17 heavy (non-hydrogen) atoms. The average molecular weight is 280 g/mol. The molecule has 0 saturated carbocycles. The molecule has 0 aliphatic rings. The Labute approximate surface area is 114 Å². The van der Waals surface area contributed by atoms with Gasteiger partial charge in [0.1, 0.15) is 0 Å². The van der Waals surface area contributed by atoms with E-state index in [1.165, 1.54) is 0 Å². The minimum atomic E-state index is -0.0938. The standard InChI is InChI=1S/C11H17N3O.2ClH/c1-9(12)7-11(15)14(2)8-10-5-3-4-6-13-10;;/h3-6,9H,7-8,12H2,1-2H3;2*1H. The van der Waals surface area contributed by atoms with E-state index in [0.29, 0.717) is 13.0 Å². The van der Waals surface area contributed by atoms with Crippen LogP contribution in [0.25, 0.3) is 0 Å². The van der Waals surface area contributed by atoms with Crippen LogP contribution < -0.4 is 5.73 Å². The van der Waals surface area contributed by atoms with Crippen molar-refractivity contribution in [2.24, 2.45) is 5.73 Å². The zero-order chi connectivity index (χ0) is 11.3. The maximum Gasteiger partial charge on any atom is 0.224 e. The van der Waals surface area contributed by atoms with E-state index in [1.807, 2.05) is 25.1 Å². The third kappa shape index (κ3) is 7.15. The van der Waals surface area contributed by atoms with E-state index in [4.69, 9.17) is 5.73 Å². The number of nitrogens with zero attached hydrogens (tertiary/aromatic N) is 2. The van der Waals surface area contributed by atoms with Gasteiger partial charge in [0, 0.05) is 25.7 Å². The van der Waals surface area contributed by atoms with Gasteiger partial charge in [0.15, 0.2) is 0 Å². The minimum absolute atomic E-state index is 0. The number of hydrogen-bond donors (Lipinski definition) is 1. The Hall–Kier alpha value is -0.840. The topological polar surface area (TPSA) is 59.2 Å². The zero-order valence-electron chi connectivity index (χ0n) is 10.00. The van der Waals surface area contributed by atoms with Crippen molar-refractivity contribution in [1.29, 1.82) is 0 Å². The Morgan fingerprint density at radius 2 is 2.12 bits per heavy atom. The van der Waals surface area contributed by atoms with Crippen molar-refractivity contribution in [3.8, 4) is 0 Å². The van der Waals surface area contributed by atoms with Gasteiger partial charge in [-0.05, 0) is 19.1 Å². The van der Waals surface area contributed by atoms with Gasteiger partial charge >= 0.3 is 0 Å². The molecule has 2 N–H and O–H groups in total. The highest BCUT2D eigenvalue weighted by atomic mass is 35.5. The second-order valence-corrected chi connectivity index (χ2v) is 3.75. The minimum Gasteiger partial charge on any atom is -0.340 e. The molecule has 0 bridgehead atoms. The summed E-state index contributed by atoms with van der Waals surface area (Å²) < 4.78 is 0. The molecule has 1 amide bonds. The van der Waals surface area contributed by atoms with Crippen LogP contribution in [0.4, 0.5) is 0 Å². The molecule has 1 heterocycles. The summed E-state index contributed by atoms with van der Waals surface area (Å²) in [6.45, 7) is 2.36. The number of carbonyl (C=O) groups is 1. The van der Waals surface area contributed by atoms with Gasteiger partial charge in [-0.1, -0.05) is 6.07 Å². The monoisotopic (exact) mass is 279 g/mol. The molecule has 1 atom stereocenters. The van der Waals surface area contributed by atoms with Gasteiger partial charge in [-0.3, -0.25) is 9.78 Å². The summed E-state index contributed by atoms with van der Waals surface area (Å²) >= 11 is 0. The van der Waals surface area contributed by atoms with Gasteiger partial charge < -0.3 is 10.6 Å². The van der Waals surface area contributed by atoms with Crippen LogP contribution in [-0.2, 0) is 11.3 Å². The molecule has 6 heteroatoms. The fourth-order valence-electron chi connectivity index (χ4n) is 1.25. The van der Waals surface area contributed by atoms with E-state index in [1.54, 1.807) is 18.1 Å². The Morgan fingerprint density at radius 1 is 1.47 bits per heavy atom. The molecule has 98 valence electrons. The van der Waals surface area contributed by atoms with Crippen LogP contribution in [0.1, 0.15) is 19.0 Å². The number of pyridine rings is 1. The first-order valence-corrected chi connectivity index (χ1v) is 4.99. The molecule has 1 aromatic heterocycles. The normalized spacial score (nSPS) is 10.8. The van der Waals surface area contributed by atoms with E-state index in [-0.39, 0.29) is 36.8 Å². The van der Waals surface area contributed by atoms with Gasteiger partial charge in [0.25, 0.3) is 0 Å². The quantitative estimate of drug-likeness (QED) is 0.911. The summed E-state index contributed by atoms with van der Waals surface area (Å²) in [7, 11) is 1.76. The lowest BCUT2D eigenvalue weighted by molar-refractivity contribution is -0.130. The fraction of sp³-hybridized carbons (Fsp3) is 0.455. The smallest absolute Gasteiger partial charge is 0.224 e. The molecule has 0 aromatic carbocycles. The largest absolute Gasteiger partial charge is 0.340 e. The van der Waals surface area contributed by atoms with E-state index in [9.17, 15) is 4.79 Å². The average Bonchev–Trinajstić information content (AvgIpc) is 2.18. The molecule has 1 rings (SSSR count). The highest BCUT2D eigenvalue weighted by molar-refractivity contribution is 5.85. The second kappa shape index (κ2) is 9.22. The van der Waals surface area contributed by atoms with Crippen LogP contribution in [0.2, 0.25) is 0 Å². The Kier molecular flexibility index (Phi) is 10.0. The third-order valence-corrected chi connectivity index (χ3v) is 2.05. The van der Waals surface area contributed by atoms with Crippen LogP contribution in [-0.4, -0.2) is 28.9 Å². The summed E-state index contributed by atoms with van der Waals surface area (Å²) in [5.74, 6) is 0.0515. The molecule has 4 nitrogen and oxygen atoms in total. The van der Waals surface area contributed by atoms with Gasteiger partial charge in [-0.15, -0.1) is 24.8 Å². The lowest BCUT2D eigenvalue weighted by Gasteiger charge is -2.17. The molecule has 0 aliphatic heterocycles. The first-order valence-electron chi connectivity index (χ1n) is 4.99. The molecule has 0 aliphatic carbocycles. The van der Waals surface area contributed by atoms with Gasteiger partial charge in [-0.25, -0.2) is 0 Å². The van der Waals surface area contributed by atoms with Crippen molar-refractivity contribution in [3.05, 3.63) is 30.1 Å². The van der Waals surface area contributed by atoms with Gasteiger partial charge in [0.05, 0.1) is 12.2 Å². The number of nitrogens with two attached hydrogens (primary N) is 1. The molecule has 0 fully saturated rings. The lowest BCUT2D eigenvalue weighted by atomic mass is 10.2. The Bertz CT molecular complexity index is 320. The lowest BCUT2D eigenvalue weighted by Crippen LogP contribution is -2.31. The zero-order valence-corrected chi connectivity index (χ0v) is 11.6. The molecule has 1 aromatic rings. The van der Waals surface area contributed by atoms with Gasteiger partial charge in [-0.2, -0.15) is 0 Å². The number of hydrogen-bond acceptors (Lipinski definition) is 3. The number of amides is 1. The Balaban J connectivity index is 0. The highest BCUT2D eigenvalue weighted by Crippen LogP contribution is 2.01. The van der Waals surface area contributed by atoms with E-state index >= 15 is 0 Å². The third-order valence-electron chi connectivity index (χ3n) is 2.05. The van der Waals surface area contributed by atoms with Crippen LogP contribution >= 0.6 is 24.8 Å². The predicted molar refractivity (Wildman–Crippen MR) is 73.5 cm³/mol. The van der Waals surface area contributed by atoms with Crippen molar-refractivity contribution >= 4 is 30.7 Å². The number of rotatable bonds is 4. The number of aromatic nitrogens is 1. The van der Waals surface area contributed by atoms with Crippen molar-refractivity contribution in [2.75, 3.05) is 7.05 Å². The molecular weight excluding hydrogens is 261 g/mol. The van der Waals surface area contributed by atoms with E-state index < -0.39 is 0 Å². The summed E-state index contributed by atoms with van der Waals surface area (Å²) in [6, 6.07) is 5.57. The van der Waals surface area contributed by atoms with Crippen molar-refractivity contribution in [1.82, 2.24) is 9.88 Å². The number of carbonyl (C=O) groups excluding carboxylic acids is 1. The van der Waals surface area contributed by atoms with Crippen LogP contribution in [0, 0.1) is 0 Å². The summed E-state index contributed by atoms with van der Waals surface area (Å²) in [5, 5.41) is 0. The first-order chi connectivity index (χ1) is 7.09. The van der Waals surface area contributed by atoms with E-state index in [2.05, 4.69) is 4.98 Å². The predicted octanol–water partition coefficient (Wildman–Crippen LogP) is 1.62. The SMILES string of the molecule is CC(N)CC(=O)N(C)Cc1ccccn1.Cl.Cl. The van der Waals surface area contributed by atoms with Gasteiger partial charge in [0.2, 0.25) is 5.91 Å². The maximum absolute atomic E-state index is 11.6. The van der Waals surface area contributed by atoms with Crippen LogP contribution in [0.3, 0.4) is 0 Å². The highest BCUT2D eigenvalue weighted by Gasteiger charge is 2.11. The molecule has 1 unspecified atom stereocenters. The van der Waals surface area contributed by atoms with Crippen LogP contribution in [0.15, 0.2) is 24.4 Å². The second-order valence-electron chi connectivity index (χ2n) is 3.75.